The highest BCUT2D eigenvalue weighted by Crippen LogP contribution is 2.19. The largest absolute Gasteiger partial charge is 0.493 e. The Kier molecular flexibility index (Phi) is 4.09. The average molecular weight is 283 g/mol. The first-order chi connectivity index (χ1) is 9.02. The van der Waals surface area contributed by atoms with Crippen LogP contribution in [-0.4, -0.2) is 38.5 Å². The van der Waals surface area contributed by atoms with Crippen LogP contribution in [-0.2, 0) is 9.84 Å². The molecule has 0 unspecified atom stereocenters. The number of carbonyl (C=O) groups excluding carboxylic acids is 1. The minimum absolute atomic E-state index is 0.0234. The lowest BCUT2D eigenvalue weighted by molar-refractivity contribution is 0.0937. The molecule has 0 radical (unpaired) electrons. The lowest BCUT2D eigenvalue weighted by atomic mass is 10.1. The second-order valence-corrected chi connectivity index (χ2v) is 6.73. The van der Waals surface area contributed by atoms with Crippen LogP contribution in [0.4, 0.5) is 0 Å². The van der Waals surface area contributed by atoms with Gasteiger partial charge < -0.3 is 10.1 Å². The molecule has 1 aromatic carbocycles. The van der Waals surface area contributed by atoms with Gasteiger partial charge >= 0.3 is 0 Å². The van der Waals surface area contributed by atoms with E-state index in [-0.39, 0.29) is 23.5 Å². The van der Waals surface area contributed by atoms with E-state index in [4.69, 9.17) is 4.74 Å². The number of amides is 1. The Balaban J connectivity index is 2.08. The molecular formula is C13H17NO4S. The molecule has 1 aromatic rings. The fourth-order valence-electron chi connectivity index (χ4n) is 2.11. The van der Waals surface area contributed by atoms with Gasteiger partial charge in [-0.05, 0) is 25.5 Å². The van der Waals surface area contributed by atoms with E-state index in [0.29, 0.717) is 24.3 Å². The normalized spacial score (nSPS) is 21.0. The van der Waals surface area contributed by atoms with Crippen molar-refractivity contribution in [3.63, 3.8) is 0 Å². The molecular weight excluding hydrogens is 266 g/mol. The van der Waals surface area contributed by atoms with Crippen molar-refractivity contribution in [3.8, 4) is 5.75 Å². The lowest BCUT2D eigenvalue weighted by Crippen LogP contribution is -2.35. The molecule has 1 fully saturated rings. The summed E-state index contributed by atoms with van der Waals surface area (Å²) >= 11 is 0. The van der Waals surface area contributed by atoms with Crippen LogP contribution in [0.3, 0.4) is 0 Å². The van der Waals surface area contributed by atoms with Crippen LogP contribution in [0, 0.1) is 0 Å². The van der Waals surface area contributed by atoms with Gasteiger partial charge in [-0.15, -0.1) is 0 Å². The van der Waals surface area contributed by atoms with Gasteiger partial charge in [-0.25, -0.2) is 8.42 Å². The maximum Gasteiger partial charge on any atom is 0.255 e. The van der Waals surface area contributed by atoms with E-state index in [9.17, 15) is 13.2 Å². The number of rotatable bonds is 4. The molecule has 1 aliphatic heterocycles. The Bertz CT molecular complexity index is 568. The SMILES string of the molecule is CCOc1ccccc1C(=O)N[C@H]1CCS(=O)(=O)C1. The second-order valence-electron chi connectivity index (χ2n) is 4.50. The molecule has 5 nitrogen and oxygen atoms in total. The van der Waals surface area contributed by atoms with Crippen molar-refractivity contribution in [2.75, 3.05) is 18.1 Å². The summed E-state index contributed by atoms with van der Waals surface area (Å²) in [6.45, 7) is 2.32. The van der Waals surface area contributed by atoms with Crippen LogP contribution in [0.5, 0.6) is 5.75 Å². The van der Waals surface area contributed by atoms with Crippen molar-refractivity contribution in [1.29, 1.82) is 0 Å². The molecule has 0 bridgehead atoms. The molecule has 1 atom stereocenters. The van der Waals surface area contributed by atoms with Gasteiger partial charge in [0, 0.05) is 6.04 Å². The molecule has 1 heterocycles. The molecule has 1 N–H and O–H groups in total. The van der Waals surface area contributed by atoms with Crippen LogP contribution in [0.1, 0.15) is 23.7 Å². The number of nitrogens with one attached hydrogen (secondary N) is 1. The zero-order valence-electron chi connectivity index (χ0n) is 10.8. The third kappa shape index (κ3) is 3.47. The molecule has 1 saturated heterocycles. The first kappa shape index (κ1) is 13.9. The molecule has 19 heavy (non-hydrogen) atoms. The Morgan fingerprint density at radius 1 is 1.42 bits per heavy atom. The van der Waals surface area contributed by atoms with Gasteiger partial charge in [0.1, 0.15) is 5.75 Å². The van der Waals surface area contributed by atoms with Crippen LogP contribution < -0.4 is 10.1 Å². The van der Waals surface area contributed by atoms with Gasteiger partial charge in [-0.1, -0.05) is 12.1 Å². The highest BCUT2D eigenvalue weighted by Gasteiger charge is 2.29. The summed E-state index contributed by atoms with van der Waals surface area (Å²) in [4.78, 5) is 12.1. The van der Waals surface area contributed by atoms with Crippen molar-refractivity contribution in [1.82, 2.24) is 5.32 Å². The quantitative estimate of drug-likeness (QED) is 0.895. The third-order valence-corrected chi connectivity index (χ3v) is 4.77. The van der Waals surface area contributed by atoms with E-state index in [0.717, 1.165) is 0 Å². The maximum absolute atomic E-state index is 12.1. The van der Waals surface area contributed by atoms with Gasteiger partial charge in [0.15, 0.2) is 9.84 Å². The fourth-order valence-corrected chi connectivity index (χ4v) is 3.78. The fraction of sp³-hybridized carbons (Fsp3) is 0.462. The number of hydrogen-bond acceptors (Lipinski definition) is 4. The van der Waals surface area contributed by atoms with E-state index in [2.05, 4.69) is 5.32 Å². The summed E-state index contributed by atoms with van der Waals surface area (Å²) in [7, 11) is -2.99. The molecule has 1 aliphatic rings. The van der Waals surface area contributed by atoms with E-state index in [1.165, 1.54) is 0 Å². The first-order valence-corrected chi connectivity index (χ1v) is 8.07. The summed E-state index contributed by atoms with van der Waals surface area (Å²) in [5.74, 6) is 0.398. The number of carbonyl (C=O) groups is 1. The molecule has 2 rings (SSSR count). The molecule has 0 aliphatic carbocycles. The highest BCUT2D eigenvalue weighted by atomic mass is 32.2. The zero-order chi connectivity index (χ0) is 13.9. The second kappa shape index (κ2) is 5.61. The number of para-hydroxylation sites is 1. The maximum atomic E-state index is 12.1. The topological polar surface area (TPSA) is 72.5 Å². The summed E-state index contributed by atoms with van der Waals surface area (Å²) in [6, 6.07) is 6.64. The Labute approximate surface area is 112 Å². The predicted molar refractivity (Wildman–Crippen MR) is 72.1 cm³/mol. The number of sulfone groups is 1. The highest BCUT2D eigenvalue weighted by molar-refractivity contribution is 7.91. The molecule has 1 amide bonds. The van der Waals surface area contributed by atoms with Crippen molar-refractivity contribution < 1.29 is 17.9 Å². The van der Waals surface area contributed by atoms with Gasteiger partial charge in [0.2, 0.25) is 0 Å². The Hall–Kier alpha value is -1.56. The summed E-state index contributed by atoms with van der Waals surface area (Å²) in [5, 5.41) is 2.75. The Morgan fingerprint density at radius 2 is 2.16 bits per heavy atom. The first-order valence-electron chi connectivity index (χ1n) is 6.25. The molecule has 0 aromatic heterocycles. The molecule has 0 saturated carbocycles. The van der Waals surface area contributed by atoms with E-state index < -0.39 is 9.84 Å². The monoisotopic (exact) mass is 283 g/mol. The van der Waals surface area contributed by atoms with Crippen LogP contribution in [0.15, 0.2) is 24.3 Å². The standard InChI is InChI=1S/C13H17NO4S/c1-2-18-12-6-4-3-5-11(12)13(15)14-10-7-8-19(16,17)9-10/h3-6,10H,2,7-9H2,1H3,(H,14,15)/t10-/m0/s1. The predicted octanol–water partition coefficient (Wildman–Crippen LogP) is 1.00. The lowest BCUT2D eigenvalue weighted by Gasteiger charge is -2.13. The Morgan fingerprint density at radius 3 is 2.79 bits per heavy atom. The molecule has 0 spiro atoms. The smallest absolute Gasteiger partial charge is 0.255 e. The van der Waals surface area contributed by atoms with E-state index in [1.54, 1.807) is 24.3 Å². The van der Waals surface area contributed by atoms with Gasteiger partial charge in [-0.2, -0.15) is 0 Å². The summed E-state index contributed by atoms with van der Waals surface area (Å²) in [5.41, 5.74) is 0.439. The summed E-state index contributed by atoms with van der Waals surface area (Å²) in [6.07, 6.45) is 0.477. The van der Waals surface area contributed by atoms with Crippen LogP contribution in [0.2, 0.25) is 0 Å². The summed E-state index contributed by atoms with van der Waals surface area (Å²) < 4.78 is 28.1. The number of benzene rings is 1. The molecule has 104 valence electrons. The van der Waals surface area contributed by atoms with Crippen LogP contribution >= 0.6 is 0 Å². The van der Waals surface area contributed by atoms with Crippen molar-refractivity contribution in [3.05, 3.63) is 29.8 Å². The van der Waals surface area contributed by atoms with Gasteiger partial charge in [-0.3, -0.25) is 4.79 Å². The number of ether oxygens (including phenoxy) is 1. The van der Waals surface area contributed by atoms with Crippen molar-refractivity contribution in [2.24, 2.45) is 0 Å². The third-order valence-electron chi connectivity index (χ3n) is 3.00. The molecule has 6 heteroatoms. The van der Waals surface area contributed by atoms with Crippen molar-refractivity contribution in [2.45, 2.75) is 19.4 Å². The van der Waals surface area contributed by atoms with Gasteiger partial charge in [0.25, 0.3) is 5.91 Å². The minimum Gasteiger partial charge on any atom is -0.493 e. The van der Waals surface area contributed by atoms with E-state index in [1.807, 2.05) is 6.92 Å². The van der Waals surface area contributed by atoms with Crippen LogP contribution in [0.25, 0.3) is 0 Å². The zero-order valence-corrected chi connectivity index (χ0v) is 11.6. The van der Waals surface area contributed by atoms with Crippen molar-refractivity contribution >= 4 is 15.7 Å². The number of hydrogen-bond donors (Lipinski definition) is 1. The minimum atomic E-state index is -2.99. The van der Waals surface area contributed by atoms with Gasteiger partial charge in [0.05, 0.1) is 23.7 Å². The van der Waals surface area contributed by atoms with E-state index >= 15 is 0 Å². The average Bonchev–Trinajstić information content (AvgIpc) is 2.69.